The van der Waals surface area contributed by atoms with Crippen LogP contribution >= 0.6 is 39.3 Å². The van der Waals surface area contributed by atoms with Gasteiger partial charge < -0.3 is 9.47 Å². The van der Waals surface area contributed by atoms with Gasteiger partial charge in [0.2, 0.25) is 0 Å². The zero-order valence-electron chi connectivity index (χ0n) is 15.9. The molecule has 1 heterocycles. The summed E-state index contributed by atoms with van der Waals surface area (Å²) in [5.74, 6) is 0.769. The molecule has 0 unspecified atom stereocenters. The van der Waals surface area contributed by atoms with E-state index in [0.29, 0.717) is 32.4 Å². The highest BCUT2D eigenvalue weighted by molar-refractivity contribution is 9.10. The normalized spacial score (nSPS) is 15.3. The molecule has 1 aliphatic rings. The molecule has 2 aromatic carbocycles. The first-order valence-electron chi connectivity index (χ1n) is 8.93. The van der Waals surface area contributed by atoms with Crippen molar-refractivity contribution in [2.75, 3.05) is 13.7 Å². The molecule has 2 amide bonds. The lowest BCUT2D eigenvalue weighted by molar-refractivity contribution is -0.122. The monoisotopic (exact) mass is 495 g/mol. The van der Waals surface area contributed by atoms with E-state index in [1.54, 1.807) is 25.3 Å². The molecule has 0 saturated carbocycles. The zero-order valence-corrected chi connectivity index (χ0v) is 19.1. The first-order valence-corrected chi connectivity index (χ1v) is 10.9. The van der Waals surface area contributed by atoms with E-state index in [1.165, 1.54) is 4.90 Å². The molecule has 5 nitrogen and oxygen atoms in total. The maximum atomic E-state index is 12.4. The maximum absolute atomic E-state index is 12.4. The highest BCUT2D eigenvalue weighted by Crippen LogP contribution is 2.39. The standard InChI is InChI=1S/C21H19BrClNO4S/c1-3-8-24-20(25)18(29-21(24)26)11-13-9-15(22)19(17(10-13)27-2)28-12-14-6-4-5-7-16(14)23/h4-7,9-11H,3,8,12H2,1-2H3/b18-11-. The summed E-state index contributed by atoms with van der Waals surface area (Å²) < 4.78 is 12.1. The number of benzene rings is 2. The Bertz CT molecular complexity index is 979. The number of carbonyl (C=O) groups excluding carboxylic acids is 2. The average molecular weight is 497 g/mol. The lowest BCUT2D eigenvalue weighted by Gasteiger charge is -2.14. The van der Waals surface area contributed by atoms with E-state index >= 15 is 0 Å². The summed E-state index contributed by atoms with van der Waals surface area (Å²) >= 11 is 10.6. The first-order chi connectivity index (χ1) is 13.9. The molecule has 8 heteroatoms. The molecule has 0 bridgehead atoms. The molecule has 0 atom stereocenters. The van der Waals surface area contributed by atoms with Crippen molar-refractivity contribution in [2.45, 2.75) is 20.0 Å². The van der Waals surface area contributed by atoms with E-state index in [1.807, 2.05) is 31.2 Å². The van der Waals surface area contributed by atoms with Gasteiger partial charge in [0.1, 0.15) is 6.61 Å². The first kappa shape index (κ1) is 21.7. The number of ether oxygens (including phenoxy) is 2. The van der Waals surface area contributed by atoms with Crippen molar-refractivity contribution in [2.24, 2.45) is 0 Å². The quantitative estimate of drug-likeness (QED) is 0.431. The Morgan fingerprint density at radius 3 is 2.69 bits per heavy atom. The van der Waals surface area contributed by atoms with Gasteiger partial charge in [0, 0.05) is 17.1 Å². The number of methoxy groups -OCH3 is 1. The van der Waals surface area contributed by atoms with Gasteiger partial charge in [-0.2, -0.15) is 0 Å². The number of halogens is 2. The van der Waals surface area contributed by atoms with Crippen LogP contribution in [-0.2, 0) is 11.4 Å². The van der Waals surface area contributed by atoms with Crippen LogP contribution in [0, 0.1) is 0 Å². The maximum Gasteiger partial charge on any atom is 0.293 e. The number of imide groups is 1. The van der Waals surface area contributed by atoms with Crippen LogP contribution in [0.5, 0.6) is 11.5 Å². The van der Waals surface area contributed by atoms with Crippen LogP contribution in [0.3, 0.4) is 0 Å². The summed E-state index contributed by atoms with van der Waals surface area (Å²) in [5.41, 5.74) is 1.58. The molecule has 0 radical (unpaired) electrons. The fraction of sp³-hybridized carbons (Fsp3) is 0.238. The van der Waals surface area contributed by atoms with Crippen molar-refractivity contribution in [1.82, 2.24) is 4.90 Å². The van der Waals surface area contributed by atoms with Crippen molar-refractivity contribution >= 4 is 56.5 Å². The molecular formula is C21H19BrClNO4S. The van der Waals surface area contributed by atoms with Gasteiger partial charge in [-0.05, 0) is 64.0 Å². The topological polar surface area (TPSA) is 55.8 Å². The Hall–Kier alpha value is -1.96. The van der Waals surface area contributed by atoms with E-state index in [2.05, 4.69) is 15.9 Å². The Kier molecular flexibility index (Phi) is 7.27. The molecule has 1 saturated heterocycles. The van der Waals surface area contributed by atoms with Gasteiger partial charge >= 0.3 is 0 Å². The molecule has 0 aromatic heterocycles. The van der Waals surface area contributed by atoms with Gasteiger partial charge in [0.15, 0.2) is 11.5 Å². The summed E-state index contributed by atoms with van der Waals surface area (Å²) in [4.78, 5) is 26.1. The molecule has 152 valence electrons. The lowest BCUT2D eigenvalue weighted by Crippen LogP contribution is -2.28. The van der Waals surface area contributed by atoms with Crippen LogP contribution in [0.4, 0.5) is 4.79 Å². The predicted octanol–water partition coefficient (Wildman–Crippen LogP) is 6.14. The van der Waals surface area contributed by atoms with E-state index in [4.69, 9.17) is 21.1 Å². The third kappa shape index (κ3) is 4.97. The number of hydrogen-bond donors (Lipinski definition) is 0. The van der Waals surface area contributed by atoms with E-state index < -0.39 is 0 Å². The molecule has 0 N–H and O–H groups in total. The fourth-order valence-corrected chi connectivity index (χ4v) is 4.43. The van der Waals surface area contributed by atoms with Gasteiger partial charge in [0.05, 0.1) is 16.5 Å². The van der Waals surface area contributed by atoms with Gasteiger partial charge in [-0.15, -0.1) is 0 Å². The van der Waals surface area contributed by atoms with Crippen LogP contribution in [0.1, 0.15) is 24.5 Å². The Morgan fingerprint density at radius 2 is 2.00 bits per heavy atom. The Labute approximate surface area is 187 Å². The van der Waals surface area contributed by atoms with E-state index in [9.17, 15) is 9.59 Å². The summed E-state index contributed by atoms with van der Waals surface area (Å²) in [6, 6.07) is 11.0. The Balaban J connectivity index is 1.84. The van der Waals surface area contributed by atoms with Gasteiger partial charge in [0.25, 0.3) is 11.1 Å². The zero-order chi connectivity index (χ0) is 21.0. The van der Waals surface area contributed by atoms with Crippen molar-refractivity contribution < 1.29 is 19.1 Å². The molecule has 3 rings (SSSR count). The van der Waals surface area contributed by atoms with Gasteiger partial charge in [-0.1, -0.05) is 36.7 Å². The molecule has 0 aliphatic carbocycles. The minimum Gasteiger partial charge on any atom is -0.493 e. The van der Waals surface area contributed by atoms with E-state index in [0.717, 1.165) is 29.3 Å². The molecule has 1 aliphatic heterocycles. The van der Waals surface area contributed by atoms with Crippen molar-refractivity contribution in [3.05, 3.63) is 61.9 Å². The minimum atomic E-state index is -0.268. The van der Waals surface area contributed by atoms with Crippen molar-refractivity contribution in [3.8, 4) is 11.5 Å². The SMILES string of the molecule is CCCN1C(=O)S/C(=C\c2cc(Br)c(OCc3ccccc3Cl)c(OC)c2)C1=O. The molecule has 0 spiro atoms. The summed E-state index contributed by atoms with van der Waals surface area (Å²) in [7, 11) is 1.54. The van der Waals surface area contributed by atoms with Crippen LogP contribution in [0.25, 0.3) is 6.08 Å². The number of thioether (sulfide) groups is 1. The third-order valence-corrected chi connectivity index (χ3v) is 6.07. The second-order valence-electron chi connectivity index (χ2n) is 6.25. The third-order valence-electron chi connectivity index (χ3n) is 4.20. The Morgan fingerprint density at radius 1 is 1.24 bits per heavy atom. The minimum absolute atomic E-state index is 0.242. The predicted molar refractivity (Wildman–Crippen MR) is 119 cm³/mol. The number of hydrogen-bond acceptors (Lipinski definition) is 5. The van der Waals surface area contributed by atoms with Crippen molar-refractivity contribution in [3.63, 3.8) is 0 Å². The highest BCUT2D eigenvalue weighted by Gasteiger charge is 2.34. The summed E-state index contributed by atoms with van der Waals surface area (Å²) in [6.07, 6.45) is 2.41. The van der Waals surface area contributed by atoms with Gasteiger partial charge in [-0.3, -0.25) is 14.5 Å². The molecule has 1 fully saturated rings. The van der Waals surface area contributed by atoms with Crippen LogP contribution < -0.4 is 9.47 Å². The molecular weight excluding hydrogens is 478 g/mol. The summed E-state index contributed by atoms with van der Waals surface area (Å²) in [5, 5.41) is 0.385. The molecule has 2 aromatic rings. The van der Waals surface area contributed by atoms with Crippen LogP contribution in [-0.4, -0.2) is 29.7 Å². The highest BCUT2D eigenvalue weighted by atomic mass is 79.9. The summed E-state index contributed by atoms with van der Waals surface area (Å²) in [6.45, 7) is 2.63. The van der Waals surface area contributed by atoms with E-state index in [-0.39, 0.29) is 17.8 Å². The number of nitrogens with zero attached hydrogens (tertiary/aromatic N) is 1. The smallest absolute Gasteiger partial charge is 0.293 e. The molecule has 29 heavy (non-hydrogen) atoms. The lowest BCUT2D eigenvalue weighted by atomic mass is 10.1. The number of rotatable bonds is 7. The van der Waals surface area contributed by atoms with Gasteiger partial charge in [-0.25, -0.2) is 0 Å². The fourth-order valence-electron chi connectivity index (χ4n) is 2.80. The number of carbonyl (C=O) groups is 2. The van der Waals surface area contributed by atoms with Crippen molar-refractivity contribution in [1.29, 1.82) is 0 Å². The van der Waals surface area contributed by atoms with Crippen LogP contribution in [0.2, 0.25) is 5.02 Å². The second kappa shape index (κ2) is 9.69. The average Bonchev–Trinajstić information content (AvgIpc) is 2.95. The largest absolute Gasteiger partial charge is 0.493 e. The number of amides is 2. The second-order valence-corrected chi connectivity index (χ2v) is 8.50. The van der Waals surface area contributed by atoms with Crippen LogP contribution in [0.15, 0.2) is 45.8 Å².